The number of carbonyl (C=O) groups is 1. The minimum atomic E-state index is -4.32. The third-order valence-electron chi connectivity index (χ3n) is 3.78. The van der Waals surface area contributed by atoms with Crippen molar-refractivity contribution in [1.82, 2.24) is 9.55 Å². The normalized spacial score (nSPS) is 15.3. The summed E-state index contributed by atoms with van der Waals surface area (Å²) in [4.78, 5) is 16.1. The van der Waals surface area contributed by atoms with Crippen LogP contribution in [-0.4, -0.2) is 21.6 Å². The number of hydrogen-bond donors (Lipinski definition) is 1. The number of halogens is 3. The number of nitrogens with zero attached hydrogens (tertiary/aromatic N) is 2. The van der Waals surface area contributed by atoms with Crippen molar-refractivity contribution in [3.05, 3.63) is 24.0 Å². The molecule has 0 spiro atoms. The molecule has 1 heterocycles. The standard InChI is InChI=1S/C15H16F3N3O/c1-21-12-5-4-10(19-13(22)6-7-15(16,17)18)8-11(12)20-14(21)9-2-3-9/h4-5,8-9H,2-3,6-7H2,1H3,(H,19,22). The molecule has 3 rings (SSSR count). The second-order valence-corrected chi connectivity index (χ2v) is 5.67. The van der Waals surface area contributed by atoms with Gasteiger partial charge in [-0.25, -0.2) is 4.98 Å². The lowest BCUT2D eigenvalue weighted by atomic mass is 10.2. The molecule has 0 saturated heterocycles. The Bertz CT molecular complexity index is 717. The first kappa shape index (κ1) is 14.9. The van der Waals surface area contributed by atoms with Crippen molar-refractivity contribution < 1.29 is 18.0 Å². The third-order valence-corrected chi connectivity index (χ3v) is 3.78. The van der Waals surface area contributed by atoms with Gasteiger partial charge in [-0.15, -0.1) is 0 Å². The summed E-state index contributed by atoms with van der Waals surface area (Å²) in [5, 5.41) is 2.49. The van der Waals surface area contributed by atoms with Gasteiger partial charge in [-0.1, -0.05) is 0 Å². The first-order chi connectivity index (χ1) is 10.3. The van der Waals surface area contributed by atoms with E-state index in [1.165, 1.54) is 0 Å². The fraction of sp³-hybridized carbons (Fsp3) is 0.467. The highest BCUT2D eigenvalue weighted by molar-refractivity contribution is 5.93. The topological polar surface area (TPSA) is 46.9 Å². The largest absolute Gasteiger partial charge is 0.389 e. The molecule has 7 heteroatoms. The maximum absolute atomic E-state index is 12.1. The Hall–Kier alpha value is -2.05. The molecule has 1 saturated carbocycles. The van der Waals surface area contributed by atoms with Gasteiger partial charge in [-0.3, -0.25) is 4.79 Å². The van der Waals surface area contributed by atoms with Gasteiger partial charge >= 0.3 is 6.18 Å². The molecule has 1 amide bonds. The molecule has 22 heavy (non-hydrogen) atoms. The van der Waals surface area contributed by atoms with Gasteiger partial charge in [0.15, 0.2) is 0 Å². The molecule has 4 nitrogen and oxygen atoms in total. The molecule has 0 bridgehead atoms. The van der Waals surface area contributed by atoms with Crippen molar-refractivity contribution in [2.24, 2.45) is 7.05 Å². The average Bonchev–Trinajstić information content (AvgIpc) is 3.21. The lowest BCUT2D eigenvalue weighted by Gasteiger charge is -2.07. The number of carbonyl (C=O) groups excluding carboxylic acids is 1. The Labute approximate surface area is 125 Å². The first-order valence-electron chi connectivity index (χ1n) is 7.16. The van der Waals surface area contributed by atoms with Crippen molar-refractivity contribution in [2.45, 2.75) is 37.8 Å². The molecular weight excluding hydrogens is 295 g/mol. The number of rotatable bonds is 4. The van der Waals surface area contributed by atoms with Gasteiger partial charge in [0, 0.05) is 25.1 Å². The lowest BCUT2D eigenvalue weighted by Crippen LogP contribution is -2.16. The lowest BCUT2D eigenvalue weighted by molar-refractivity contribution is -0.142. The number of anilines is 1. The van der Waals surface area contributed by atoms with Crippen LogP contribution in [0.3, 0.4) is 0 Å². The summed E-state index contributed by atoms with van der Waals surface area (Å²) in [5.41, 5.74) is 2.17. The van der Waals surface area contributed by atoms with E-state index in [9.17, 15) is 18.0 Å². The molecule has 1 aromatic heterocycles. The van der Waals surface area contributed by atoms with Crippen molar-refractivity contribution in [3.8, 4) is 0 Å². The minimum absolute atomic E-state index is 0.472. The van der Waals surface area contributed by atoms with Crippen molar-refractivity contribution >= 4 is 22.6 Å². The van der Waals surface area contributed by atoms with Crippen LogP contribution in [0, 0.1) is 0 Å². The number of amides is 1. The summed E-state index contributed by atoms with van der Waals surface area (Å²) in [6.45, 7) is 0. The van der Waals surface area contributed by atoms with Gasteiger partial charge in [0.25, 0.3) is 0 Å². The van der Waals surface area contributed by atoms with Gasteiger partial charge in [-0.05, 0) is 31.0 Å². The predicted molar refractivity (Wildman–Crippen MR) is 76.6 cm³/mol. The maximum Gasteiger partial charge on any atom is 0.389 e. The van der Waals surface area contributed by atoms with E-state index in [0.717, 1.165) is 29.7 Å². The molecule has 2 aromatic rings. The van der Waals surface area contributed by atoms with E-state index in [1.54, 1.807) is 12.1 Å². The molecule has 1 fully saturated rings. The van der Waals surface area contributed by atoms with Crippen LogP contribution in [0.4, 0.5) is 18.9 Å². The Morgan fingerprint density at radius 1 is 1.41 bits per heavy atom. The number of aromatic nitrogens is 2. The van der Waals surface area contributed by atoms with E-state index in [1.807, 2.05) is 17.7 Å². The molecule has 0 radical (unpaired) electrons. The number of aryl methyl sites for hydroxylation is 1. The fourth-order valence-corrected chi connectivity index (χ4v) is 2.48. The molecule has 0 aliphatic heterocycles. The highest BCUT2D eigenvalue weighted by Crippen LogP contribution is 2.40. The van der Waals surface area contributed by atoms with E-state index >= 15 is 0 Å². The zero-order valence-electron chi connectivity index (χ0n) is 12.1. The van der Waals surface area contributed by atoms with E-state index in [0.29, 0.717) is 11.6 Å². The molecule has 1 aromatic carbocycles. The monoisotopic (exact) mass is 311 g/mol. The number of nitrogens with one attached hydrogen (secondary N) is 1. The van der Waals surface area contributed by atoms with Gasteiger partial charge < -0.3 is 9.88 Å². The summed E-state index contributed by atoms with van der Waals surface area (Å²) in [6, 6.07) is 5.21. The zero-order chi connectivity index (χ0) is 15.9. The predicted octanol–water partition coefficient (Wildman–Crippen LogP) is 3.73. The molecule has 1 aliphatic carbocycles. The quantitative estimate of drug-likeness (QED) is 0.935. The van der Waals surface area contributed by atoms with Crippen LogP contribution in [-0.2, 0) is 11.8 Å². The van der Waals surface area contributed by atoms with Gasteiger partial charge in [0.05, 0.1) is 17.5 Å². The Morgan fingerprint density at radius 2 is 2.14 bits per heavy atom. The van der Waals surface area contributed by atoms with Crippen molar-refractivity contribution in [2.75, 3.05) is 5.32 Å². The summed E-state index contributed by atoms with van der Waals surface area (Å²) < 4.78 is 38.3. The fourth-order valence-electron chi connectivity index (χ4n) is 2.48. The van der Waals surface area contributed by atoms with Crippen LogP contribution < -0.4 is 5.32 Å². The summed E-state index contributed by atoms with van der Waals surface area (Å²) in [5.74, 6) is 0.882. The Kier molecular flexibility index (Phi) is 3.58. The minimum Gasteiger partial charge on any atom is -0.331 e. The molecule has 1 N–H and O–H groups in total. The molecule has 0 unspecified atom stereocenters. The molecule has 1 aliphatic rings. The van der Waals surface area contributed by atoms with E-state index in [4.69, 9.17) is 0 Å². The third kappa shape index (κ3) is 3.23. The first-order valence-corrected chi connectivity index (χ1v) is 7.16. The Balaban J connectivity index is 1.73. The number of fused-ring (bicyclic) bond motifs is 1. The molecule has 0 atom stereocenters. The van der Waals surface area contributed by atoms with Crippen LogP contribution in [0.5, 0.6) is 0 Å². The van der Waals surface area contributed by atoms with E-state index < -0.39 is 24.9 Å². The Morgan fingerprint density at radius 3 is 2.77 bits per heavy atom. The van der Waals surface area contributed by atoms with Gasteiger partial charge in [0.2, 0.25) is 5.91 Å². The SMILES string of the molecule is Cn1c(C2CC2)nc2cc(NC(=O)CCC(F)(F)F)ccc21. The molecule has 118 valence electrons. The summed E-state index contributed by atoms with van der Waals surface area (Å²) >= 11 is 0. The smallest absolute Gasteiger partial charge is 0.331 e. The number of hydrogen-bond acceptors (Lipinski definition) is 2. The van der Waals surface area contributed by atoms with Crippen molar-refractivity contribution in [1.29, 1.82) is 0 Å². The number of alkyl halides is 3. The summed E-state index contributed by atoms with van der Waals surface area (Å²) in [6.07, 6.45) is -3.73. The van der Waals surface area contributed by atoms with Gasteiger partial charge in [-0.2, -0.15) is 13.2 Å². The van der Waals surface area contributed by atoms with E-state index in [-0.39, 0.29) is 0 Å². The second kappa shape index (κ2) is 5.30. The highest BCUT2D eigenvalue weighted by atomic mass is 19.4. The van der Waals surface area contributed by atoms with Crippen LogP contribution >= 0.6 is 0 Å². The van der Waals surface area contributed by atoms with Crippen LogP contribution in [0.15, 0.2) is 18.2 Å². The van der Waals surface area contributed by atoms with Gasteiger partial charge in [0.1, 0.15) is 5.82 Å². The number of imidazole rings is 1. The number of benzene rings is 1. The van der Waals surface area contributed by atoms with Crippen LogP contribution in [0.25, 0.3) is 11.0 Å². The average molecular weight is 311 g/mol. The highest BCUT2D eigenvalue weighted by Gasteiger charge is 2.29. The van der Waals surface area contributed by atoms with Crippen LogP contribution in [0.2, 0.25) is 0 Å². The van der Waals surface area contributed by atoms with E-state index in [2.05, 4.69) is 10.3 Å². The maximum atomic E-state index is 12.1. The van der Waals surface area contributed by atoms with Crippen LogP contribution in [0.1, 0.15) is 37.4 Å². The van der Waals surface area contributed by atoms with Crippen molar-refractivity contribution in [3.63, 3.8) is 0 Å². The second-order valence-electron chi connectivity index (χ2n) is 5.67. The molecular formula is C15H16F3N3O. The zero-order valence-corrected chi connectivity index (χ0v) is 12.1. The summed E-state index contributed by atoms with van der Waals surface area (Å²) in [7, 11) is 1.95.